The number of carbonyl (C=O) groups is 1. The summed E-state index contributed by atoms with van der Waals surface area (Å²) < 4.78 is 1.95. The van der Waals surface area contributed by atoms with E-state index in [-0.39, 0.29) is 0 Å². The molecular formula is C15H20N4O. The number of aldehydes is 1. The lowest BCUT2D eigenvalue weighted by Crippen LogP contribution is -2.34. The highest BCUT2D eigenvalue weighted by molar-refractivity contribution is 5.74. The van der Waals surface area contributed by atoms with E-state index in [1.54, 1.807) is 6.07 Å². The predicted octanol–water partition coefficient (Wildman–Crippen LogP) is 1.82. The molecule has 0 aromatic carbocycles. The van der Waals surface area contributed by atoms with E-state index in [9.17, 15) is 4.79 Å². The highest BCUT2D eigenvalue weighted by atomic mass is 16.1. The van der Waals surface area contributed by atoms with Gasteiger partial charge in [0.1, 0.15) is 5.82 Å². The number of carbonyl (C=O) groups excluding carboxylic acids is 1. The van der Waals surface area contributed by atoms with Crippen molar-refractivity contribution < 1.29 is 4.79 Å². The lowest BCUT2D eigenvalue weighted by atomic mass is 9.93. The summed E-state index contributed by atoms with van der Waals surface area (Å²) in [6.45, 7) is 5.71. The fraction of sp³-hybridized carbons (Fsp3) is 0.533. The van der Waals surface area contributed by atoms with Gasteiger partial charge in [-0.25, -0.2) is 0 Å². The van der Waals surface area contributed by atoms with E-state index >= 15 is 0 Å². The van der Waals surface area contributed by atoms with Gasteiger partial charge in [-0.15, -0.1) is 10.2 Å². The molecule has 5 heteroatoms. The Bertz CT molecular complexity index is 599. The monoisotopic (exact) mass is 272 g/mol. The number of hydrogen-bond donors (Lipinski definition) is 0. The molecule has 1 saturated heterocycles. The van der Waals surface area contributed by atoms with Gasteiger partial charge in [0, 0.05) is 18.2 Å². The molecule has 0 bridgehead atoms. The first kappa shape index (κ1) is 13.2. The predicted molar refractivity (Wildman–Crippen MR) is 76.9 cm³/mol. The van der Waals surface area contributed by atoms with E-state index in [4.69, 9.17) is 0 Å². The van der Waals surface area contributed by atoms with Gasteiger partial charge < -0.3 is 4.90 Å². The van der Waals surface area contributed by atoms with Gasteiger partial charge in [0.05, 0.1) is 0 Å². The van der Waals surface area contributed by atoms with Gasteiger partial charge in [0.15, 0.2) is 11.9 Å². The van der Waals surface area contributed by atoms with Crippen LogP contribution in [0.4, 0.5) is 0 Å². The minimum atomic E-state index is 0.666. The van der Waals surface area contributed by atoms with Gasteiger partial charge in [-0.3, -0.25) is 9.20 Å². The summed E-state index contributed by atoms with van der Waals surface area (Å²) in [5.41, 5.74) is 1.48. The largest absolute Gasteiger partial charge is 0.304 e. The molecule has 20 heavy (non-hydrogen) atoms. The smallest absolute Gasteiger partial charge is 0.160 e. The molecule has 2 aromatic rings. The molecule has 2 aromatic heterocycles. The summed E-state index contributed by atoms with van der Waals surface area (Å²) in [5.74, 6) is 1.64. The molecule has 0 atom stereocenters. The van der Waals surface area contributed by atoms with E-state index in [0.29, 0.717) is 11.5 Å². The number of piperidine rings is 1. The second-order valence-electron chi connectivity index (χ2n) is 5.51. The van der Waals surface area contributed by atoms with Crippen molar-refractivity contribution in [2.75, 3.05) is 19.6 Å². The van der Waals surface area contributed by atoms with Crippen molar-refractivity contribution in [1.82, 2.24) is 19.5 Å². The molecule has 106 valence electrons. The van der Waals surface area contributed by atoms with Crippen molar-refractivity contribution >= 4 is 11.9 Å². The lowest BCUT2D eigenvalue weighted by Gasteiger charge is -2.30. The molecule has 0 saturated carbocycles. The molecular weight excluding hydrogens is 252 g/mol. The third-order valence-corrected chi connectivity index (χ3v) is 4.26. The zero-order valence-corrected chi connectivity index (χ0v) is 11.8. The highest BCUT2D eigenvalue weighted by Gasteiger charge is 2.20. The standard InChI is InChI=1S/C15H20N4O/c1-2-18-7-5-12(6-8-18)9-15-17-16-14-4-3-13(11-20)10-19(14)15/h3-4,10-12H,2,5-9H2,1H3. The maximum Gasteiger partial charge on any atom is 0.160 e. The Morgan fingerprint density at radius 3 is 2.80 bits per heavy atom. The van der Waals surface area contributed by atoms with Gasteiger partial charge in [0.25, 0.3) is 0 Å². The Balaban J connectivity index is 1.76. The van der Waals surface area contributed by atoms with E-state index < -0.39 is 0 Å². The van der Waals surface area contributed by atoms with Crippen LogP contribution in [0, 0.1) is 5.92 Å². The van der Waals surface area contributed by atoms with Crippen LogP contribution < -0.4 is 0 Å². The van der Waals surface area contributed by atoms with Crippen LogP contribution in [0.2, 0.25) is 0 Å². The molecule has 0 aliphatic carbocycles. The summed E-state index contributed by atoms with van der Waals surface area (Å²) in [7, 11) is 0. The van der Waals surface area contributed by atoms with Gasteiger partial charge >= 0.3 is 0 Å². The molecule has 0 N–H and O–H groups in total. The minimum absolute atomic E-state index is 0.666. The summed E-state index contributed by atoms with van der Waals surface area (Å²) in [4.78, 5) is 13.4. The number of aromatic nitrogens is 3. The summed E-state index contributed by atoms with van der Waals surface area (Å²) in [5, 5.41) is 8.46. The number of likely N-dealkylation sites (tertiary alicyclic amines) is 1. The third kappa shape index (κ3) is 2.58. The molecule has 5 nitrogen and oxygen atoms in total. The topological polar surface area (TPSA) is 50.5 Å². The molecule has 0 amide bonds. The maximum absolute atomic E-state index is 10.9. The van der Waals surface area contributed by atoms with Gasteiger partial charge in [0.2, 0.25) is 0 Å². The van der Waals surface area contributed by atoms with Crippen molar-refractivity contribution in [2.24, 2.45) is 5.92 Å². The Kier molecular flexibility index (Phi) is 3.78. The number of fused-ring (bicyclic) bond motifs is 1. The van der Waals surface area contributed by atoms with Crippen LogP contribution in [0.1, 0.15) is 35.9 Å². The normalized spacial score (nSPS) is 17.6. The Hall–Kier alpha value is -1.75. The fourth-order valence-electron chi connectivity index (χ4n) is 2.93. The van der Waals surface area contributed by atoms with Crippen LogP contribution in [0.15, 0.2) is 18.3 Å². The van der Waals surface area contributed by atoms with Crippen LogP contribution in [-0.4, -0.2) is 45.4 Å². The number of hydrogen-bond acceptors (Lipinski definition) is 4. The molecule has 1 aliphatic rings. The Morgan fingerprint density at radius 1 is 1.30 bits per heavy atom. The fourth-order valence-corrected chi connectivity index (χ4v) is 2.93. The summed E-state index contributed by atoms with van der Waals surface area (Å²) in [6, 6.07) is 3.63. The zero-order chi connectivity index (χ0) is 13.9. The molecule has 1 aliphatic heterocycles. The van der Waals surface area contributed by atoms with Crippen LogP contribution in [0.25, 0.3) is 5.65 Å². The van der Waals surface area contributed by atoms with Crippen molar-refractivity contribution in [1.29, 1.82) is 0 Å². The molecule has 3 rings (SSSR count). The molecule has 0 spiro atoms. The second kappa shape index (κ2) is 5.71. The Labute approximate surface area is 118 Å². The first-order valence-corrected chi connectivity index (χ1v) is 7.31. The average Bonchev–Trinajstić information content (AvgIpc) is 2.90. The van der Waals surface area contributed by atoms with Gasteiger partial charge in [-0.05, 0) is 50.5 Å². The lowest BCUT2D eigenvalue weighted by molar-refractivity contribution is 0.112. The zero-order valence-electron chi connectivity index (χ0n) is 11.8. The maximum atomic E-state index is 10.9. The van der Waals surface area contributed by atoms with Crippen LogP contribution in [0.5, 0.6) is 0 Å². The molecule has 0 radical (unpaired) electrons. The summed E-state index contributed by atoms with van der Waals surface area (Å²) in [6.07, 6.45) is 6.08. The number of pyridine rings is 1. The first-order valence-electron chi connectivity index (χ1n) is 7.31. The summed E-state index contributed by atoms with van der Waals surface area (Å²) >= 11 is 0. The van der Waals surface area contributed by atoms with Crippen molar-refractivity contribution in [3.05, 3.63) is 29.7 Å². The van der Waals surface area contributed by atoms with Crippen molar-refractivity contribution in [3.63, 3.8) is 0 Å². The van der Waals surface area contributed by atoms with Gasteiger partial charge in [-0.2, -0.15) is 0 Å². The SMILES string of the molecule is CCN1CCC(Cc2nnc3ccc(C=O)cn23)CC1. The second-order valence-corrected chi connectivity index (χ2v) is 5.51. The van der Waals surface area contributed by atoms with E-state index in [1.165, 1.54) is 25.9 Å². The van der Waals surface area contributed by atoms with E-state index in [0.717, 1.165) is 30.7 Å². The minimum Gasteiger partial charge on any atom is -0.304 e. The van der Waals surface area contributed by atoms with E-state index in [1.807, 2.05) is 16.7 Å². The highest BCUT2D eigenvalue weighted by Crippen LogP contribution is 2.21. The van der Waals surface area contributed by atoms with Crippen molar-refractivity contribution in [2.45, 2.75) is 26.2 Å². The van der Waals surface area contributed by atoms with Crippen LogP contribution in [0.3, 0.4) is 0 Å². The van der Waals surface area contributed by atoms with E-state index in [2.05, 4.69) is 22.0 Å². The van der Waals surface area contributed by atoms with Crippen molar-refractivity contribution in [3.8, 4) is 0 Å². The molecule has 0 unspecified atom stereocenters. The third-order valence-electron chi connectivity index (χ3n) is 4.26. The molecule has 3 heterocycles. The first-order chi connectivity index (χ1) is 9.80. The quantitative estimate of drug-likeness (QED) is 0.797. The average molecular weight is 272 g/mol. The van der Waals surface area contributed by atoms with Gasteiger partial charge in [-0.1, -0.05) is 6.92 Å². The number of nitrogens with zero attached hydrogens (tertiary/aromatic N) is 4. The molecule has 1 fully saturated rings. The number of rotatable bonds is 4. The van der Waals surface area contributed by atoms with Crippen LogP contribution >= 0.6 is 0 Å². The van der Waals surface area contributed by atoms with Crippen LogP contribution in [-0.2, 0) is 6.42 Å². The Morgan fingerprint density at radius 2 is 2.10 bits per heavy atom.